The zero-order valence-corrected chi connectivity index (χ0v) is 62.6. The van der Waals surface area contributed by atoms with E-state index in [1.165, 1.54) is 96.3 Å². The fourth-order valence-electron chi connectivity index (χ4n) is 10.3. The molecular weight excluding hydrogens is 1260 g/mol. The van der Waals surface area contributed by atoms with Crippen molar-refractivity contribution >= 4 is 39.5 Å². The summed E-state index contributed by atoms with van der Waals surface area (Å²) in [4.78, 5) is 72.8. The van der Waals surface area contributed by atoms with Gasteiger partial charge in [0, 0.05) is 25.7 Å². The second kappa shape index (κ2) is 70.0. The Morgan fingerprint density at radius 3 is 0.896 bits per heavy atom. The number of phosphoric ester groups is 2. The molecule has 96 heavy (non-hydrogen) atoms. The van der Waals surface area contributed by atoms with Gasteiger partial charge >= 0.3 is 39.5 Å². The van der Waals surface area contributed by atoms with Crippen LogP contribution in [-0.4, -0.2) is 96.7 Å². The van der Waals surface area contributed by atoms with Crippen LogP contribution >= 0.6 is 15.6 Å². The van der Waals surface area contributed by atoms with Crippen molar-refractivity contribution in [3.63, 3.8) is 0 Å². The second-order valence-electron chi connectivity index (χ2n) is 25.6. The fraction of sp³-hybridized carbons (Fsp3) is 0.792. The number of hydrogen-bond donors (Lipinski definition) is 3. The van der Waals surface area contributed by atoms with E-state index in [9.17, 15) is 43.2 Å². The van der Waals surface area contributed by atoms with Gasteiger partial charge in [0.1, 0.15) is 19.3 Å². The van der Waals surface area contributed by atoms with Gasteiger partial charge in [-0.3, -0.25) is 37.3 Å². The lowest BCUT2D eigenvalue weighted by molar-refractivity contribution is -0.161. The van der Waals surface area contributed by atoms with Gasteiger partial charge in [-0.05, 0) is 109 Å². The Labute approximate surface area is 583 Å². The van der Waals surface area contributed by atoms with Crippen molar-refractivity contribution in [3.8, 4) is 0 Å². The highest BCUT2D eigenvalue weighted by Gasteiger charge is 2.30. The van der Waals surface area contributed by atoms with E-state index in [0.717, 1.165) is 161 Å². The summed E-state index contributed by atoms with van der Waals surface area (Å²) in [6.07, 6.45) is 68.9. The number of aliphatic hydroxyl groups excluding tert-OH is 1. The number of unbranched alkanes of at least 4 members (excludes halogenated alkanes) is 34. The van der Waals surface area contributed by atoms with Crippen LogP contribution in [0, 0.1) is 0 Å². The Bertz CT molecular complexity index is 2110. The Morgan fingerprint density at radius 1 is 0.302 bits per heavy atom. The predicted octanol–water partition coefficient (Wildman–Crippen LogP) is 21.7. The number of aliphatic hydroxyl groups is 1. The van der Waals surface area contributed by atoms with Crippen molar-refractivity contribution in [1.82, 2.24) is 0 Å². The van der Waals surface area contributed by atoms with Gasteiger partial charge < -0.3 is 33.8 Å². The molecule has 3 N–H and O–H groups in total. The molecule has 0 saturated carbocycles. The summed E-state index contributed by atoms with van der Waals surface area (Å²) < 4.78 is 68.4. The molecule has 0 aromatic carbocycles. The minimum absolute atomic E-state index is 0.0765. The van der Waals surface area contributed by atoms with Crippen molar-refractivity contribution in [3.05, 3.63) is 72.9 Å². The first-order valence-electron chi connectivity index (χ1n) is 38.2. The van der Waals surface area contributed by atoms with Crippen LogP contribution in [0.5, 0.6) is 0 Å². The molecule has 0 fully saturated rings. The van der Waals surface area contributed by atoms with Gasteiger partial charge in [0.2, 0.25) is 0 Å². The van der Waals surface area contributed by atoms with Crippen molar-refractivity contribution in [2.24, 2.45) is 0 Å². The number of carbonyl (C=O) groups excluding carboxylic acids is 4. The first-order valence-corrected chi connectivity index (χ1v) is 41.2. The van der Waals surface area contributed by atoms with Crippen molar-refractivity contribution in [1.29, 1.82) is 0 Å². The van der Waals surface area contributed by atoms with E-state index in [2.05, 4.69) is 101 Å². The Kier molecular flexibility index (Phi) is 67.4. The molecule has 0 heterocycles. The van der Waals surface area contributed by atoms with Crippen LogP contribution < -0.4 is 0 Å². The maximum atomic E-state index is 13.1. The standard InChI is InChI=1S/C77H138O17P2/c1-5-9-13-17-21-25-29-33-35-39-41-45-49-53-57-61-74(79)87-67-72(93-76(81)63-59-55-51-47-43-37-31-27-23-19-15-11-7-3)69-91-95(83,84)89-65-71(78)66-90-96(85,86)92-70-73(94-77(82)64-60-56-52-48-44-38-32-28-24-20-16-12-8-4)68-88-75(80)62-58-54-50-46-42-40-36-34-30-26-22-18-14-10-6-2/h9,13,15,19,21,25,27-28,31-33,35,71-73,78H,5-8,10-12,14,16-18,20,22-24,26,29-30,34,36-70H2,1-4H3,(H,83,84)(H,85,86)/b13-9-,19-15-,25-21-,31-27-,32-28-,35-33-. The van der Waals surface area contributed by atoms with Gasteiger partial charge in [-0.15, -0.1) is 0 Å². The quantitative estimate of drug-likeness (QED) is 0.0169. The van der Waals surface area contributed by atoms with Gasteiger partial charge in [-0.2, -0.15) is 0 Å². The van der Waals surface area contributed by atoms with Gasteiger partial charge in [-0.1, -0.05) is 274 Å². The van der Waals surface area contributed by atoms with E-state index in [0.29, 0.717) is 25.7 Å². The van der Waals surface area contributed by atoms with E-state index in [-0.39, 0.29) is 25.7 Å². The molecule has 5 atom stereocenters. The summed E-state index contributed by atoms with van der Waals surface area (Å²) >= 11 is 0. The third-order valence-corrected chi connectivity index (χ3v) is 18.0. The topological polar surface area (TPSA) is 237 Å². The molecule has 19 heteroatoms. The van der Waals surface area contributed by atoms with Crippen LogP contribution in [0.3, 0.4) is 0 Å². The van der Waals surface area contributed by atoms with Crippen molar-refractivity contribution in [2.75, 3.05) is 39.6 Å². The highest BCUT2D eigenvalue weighted by Crippen LogP contribution is 2.45. The summed E-state index contributed by atoms with van der Waals surface area (Å²) in [5.41, 5.74) is 0. The van der Waals surface area contributed by atoms with Gasteiger partial charge in [0.05, 0.1) is 26.4 Å². The normalized spacial score (nSPS) is 14.4. The van der Waals surface area contributed by atoms with Crippen LogP contribution in [-0.2, 0) is 65.4 Å². The van der Waals surface area contributed by atoms with Crippen LogP contribution in [0.15, 0.2) is 72.9 Å². The fourth-order valence-corrected chi connectivity index (χ4v) is 11.9. The third kappa shape index (κ3) is 69.0. The number of carbonyl (C=O) groups is 4. The van der Waals surface area contributed by atoms with E-state index in [1.54, 1.807) is 0 Å². The molecular formula is C77H138O17P2. The number of allylic oxidation sites excluding steroid dienone is 12. The molecule has 0 radical (unpaired) electrons. The Morgan fingerprint density at radius 2 is 0.562 bits per heavy atom. The largest absolute Gasteiger partial charge is 0.472 e. The van der Waals surface area contributed by atoms with Crippen molar-refractivity contribution < 1.29 is 80.2 Å². The van der Waals surface area contributed by atoms with Crippen molar-refractivity contribution in [2.45, 2.75) is 354 Å². The Balaban J connectivity index is 5.33. The first-order chi connectivity index (χ1) is 46.7. The average molecular weight is 1400 g/mol. The van der Waals surface area contributed by atoms with Gasteiger partial charge in [-0.25, -0.2) is 9.13 Å². The maximum Gasteiger partial charge on any atom is 0.472 e. The zero-order valence-electron chi connectivity index (χ0n) is 60.8. The maximum absolute atomic E-state index is 13.1. The summed E-state index contributed by atoms with van der Waals surface area (Å²) in [5, 5.41) is 10.6. The third-order valence-electron chi connectivity index (χ3n) is 16.1. The summed E-state index contributed by atoms with van der Waals surface area (Å²) in [6, 6.07) is 0. The molecule has 0 rings (SSSR count). The van der Waals surface area contributed by atoms with Crippen LogP contribution in [0.2, 0.25) is 0 Å². The summed E-state index contributed by atoms with van der Waals surface area (Å²) in [5.74, 6) is -2.19. The molecule has 0 amide bonds. The minimum atomic E-state index is -4.97. The predicted molar refractivity (Wildman–Crippen MR) is 390 cm³/mol. The van der Waals surface area contributed by atoms with Crippen LogP contribution in [0.1, 0.15) is 336 Å². The highest BCUT2D eigenvalue weighted by molar-refractivity contribution is 7.47. The van der Waals surface area contributed by atoms with Crippen LogP contribution in [0.4, 0.5) is 0 Å². The highest BCUT2D eigenvalue weighted by atomic mass is 31.2. The van der Waals surface area contributed by atoms with Crippen LogP contribution in [0.25, 0.3) is 0 Å². The van der Waals surface area contributed by atoms with Gasteiger partial charge in [0.25, 0.3) is 0 Å². The van der Waals surface area contributed by atoms with E-state index >= 15 is 0 Å². The molecule has 0 bridgehead atoms. The summed E-state index contributed by atoms with van der Waals surface area (Å²) in [6.45, 7) is 4.68. The zero-order chi connectivity index (χ0) is 70.4. The monoisotopic (exact) mass is 1400 g/mol. The lowest BCUT2D eigenvalue weighted by Crippen LogP contribution is -2.30. The van der Waals surface area contributed by atoms with E-state index < -0.39 is 97.5 Å². The summed E-state index contributed by atoms with van der Waals surface area (Å²) in [7, 11) is -9.94. The number of hydrogen-bond acceptors (Lipinski definition) is 15. The molecule has 0 aromatic rings. The molecule has 0 spiro atoms. The molecule has 558 valence electrons. The molecule has 0 aliphatic heterocycles. The number of esters is 4. The first kappa shape index (κ1) is 92.5. The Hall–Kier alpha value is -3.50. The van der Waals surface area contributed by atoms with Gasteiger partial charge in [0.15, 0.2) is 12.2 Å². The van der Waals surface area contributed by atoms with E-state index in [4.69, 9.17) is 37.0 Å². The molecule has 5 unspecified atom stereocenters. The number of rotatable bonds is 72. The minimum Gasteiger partial charge on any atom is -0.462 e. The molecule has 0 aliphatic rings. The SMILES string of the molecule is CC/C=C\C/C=C\C/C=C\CCCCCCCC(=O)OCC(COP(=O)(O)OCC(O)COP(=O)(O)OCC(COC(=O)CCCCCCCCCCCCCCCCC)OC(=O)CCCCCCC/C=C\CCCCCC)OC(=O)CCCCCCC/C=C\C/C=C\CCC. The van der Waals surface area contributed by atoms with E-state index in [1.807, 2.05) is 0 Å². The number of phosphoric acid groups is 2. The number of ether oxygens (including phenoxy) is 4. The smallest absolute Gasteiger partial charge is 0.462 e. The lowest BCUT2D eigenvalue weighted by Gasteiger charge is -2.21. The molecule has 0 aliphatic carbocycles. The molecule has 17 nitrogen and oxygen atoms in total. The second-order valence-corrected chi connectivity index (χ2v) is 28.5. The average Bonchev–Trinajstić information content (AvgIpc) is 1.14. The molecule has 0 saturated heterocycles. The molecule has 0 aromatic heterocycles. The lowest BCUT2D eigenvalue weighted by atomic mass is 10.0.